The van der Waals surface area contributed by atoms with Gasteiger partial charge in [0, 0.05) is 56.2 Å². The molecule has 0 radical (unpaired) electrons. The van der Waals surface area contributed by atoms with Gasteiger partial charge < -0.3 is 29.9 Å². The Morgan fingerprint density at radius 3 is 2.44 bits per heavy atom. The van der Waals surface area contributed by atoms with Crippen LogP contribution in [-0.2, 0) is 37.0 Å². The Morgan fingerprint density at radius 1 is 0.945 bits per heavy atom. The number of amides is 2. The lowest BCUT2D eigenvalue weighted by Gasteiger charge is -2.35. The summed E-state index contributed by atoms with van der Waals surface area (Å²) in [7, 11) is 1.24. The first kappa shape index (κ1) is 36.8. The van der Waals surface area contributed by atoms with E-state index in [1.54, 1.807) is 15.6 Å². The molecule has 1 aromatic heterocycles. The Labute approximate surface area is 313 Å². The molecule has 3 heterocycles. The van der Waals surface area contributed by atoms with E-state index in [-0.39, 0.29) is 47.4 Å². The van der Waals surface area contributed by atoms with E-state index in [1.165, 1.54) is 19.2 Å². The summed E-state index contributed by atoms with van der Waals surface area (Å²) < 4.78 is 67.6. The lowest BCUT2D eigenvalue weighted by Crippen LogP contribution is -2.49. The number of fused-ring (bicyclic) bond motifs is 2. The van der Waals surface area contributed by atoms with Crippen LogP contribution in [0, 0.1) is 17.1 Å². The predicted molar refractivity (Wildman–Crippen MR) is 195 cm³/mol. The number of anilines is 3. The number of aryl methyl sites for hydroxylation is 2. The minimum atomic E-state index is -4.66. The lowest BCUT2D eigenvalue weighted by molar-refractivity contribution is -0.137. The number of hydrogen-bond donors (Lipinski definition) is 2. The van der Waals surface area contributed by atoms with E-state index in [1.807, 2.05) is 42.5 Å². The normalized spacial score (nSPS) is 13.8. The van der Waals surface area contributed by atoms with Gasteiger partial charge in [-0.05, 0) is 71.6 Å². The Hall–Kier alpha value is -6.56. The summed E-state index contributed by atoms with van der Waals surface area (Å²) in [5.41, 5.74) is 3.14. The van der Waals surface area contributed by atoms with Gasteiger partial charge in [0.05, 0.1) is 18.2 Å². The van der Waals surface area contributed by atoms with Gasteiger partial charge in [0.1, 0.15) is 41.3 Å². The Kier molecular flexibility index (Phi) is 10.3. The maximum atomic E-state index is 15.6. The van der Waals surface area contributed by atoms with Crippen LogP contribution >= 0.6 is 0 Å². The number of carbonyl (C=O) groups is 2. The average Bonchev–Trinajstić information content (AvgIpc) is 3.44. The number of aromatic nitrogens is 2. The van der Waals surface area contributed by atoms with Gasteiger partial charge >= 0.3 is 12.3 Å². The van der Waals surface area contributed by atoms with Gasteiger partial charge in [-0.2, -0.15) is 23.5 Å². The van der Waals surface area contributed by atoms with Crippen LogP contribution in [0.1, 0.15) is 38.2 Å². The molecule has 15 heteroatoms. The monoisotopic (exact) mass is 753 g/mol. The lowest BCUT2D eigenvalue weighted by atomic mass is 10.0. The molecule has 282 valence electrons. The van der Waals surface area contributed by atoms with E-state index in [2.05, 4.69) is 32.8 Å². The summed E-state index contributed by atoms with van der Waals surface area (Å²) in [5, 5.41) is 20.7. The number of rotatable bonds is 8. The molecule has 1 saturated heterocycles. The second-order valence-corrected chi connectivity index (χ2v) is 13.0. The number of nitriles is 1. The first-order valence-corrected chi connectivity index (χ1v) is 17.5. The SMILES string of the molecule is COc1ccc(C(F)(F)F)cc1C(=O)NCc1ccc(-c2nn3c(c2C#N)Nc2ccc(N4CCN(C(=O)OCc5ccccc5)CC4)cc2CC3)c(F)c1. The zero-order chi connectivity index (χ0) is 38.7. The number of nitrogens with one attached hydrogen (secondary N) is 2. The standard InChI is InChI=1S/C40H35F4N7O4/c1-54-35-12-8-28(40(42,43)44)21-31(35)38(52)46-23-26-7-10-30(33(41)19-26)36-32(22-45)37-47-34-11-9-29(20-27(34)13-14-51(37)48-36)49-15-17-50(18-16-49)39(53)55-24-25-5-3-2-4-6-25/h2-12,19-21,47H,13-18,23-24H2,1H3,(H,46,52). The maximum absolute atomic E-state index is 15.6. The summed E-state index contributed by atoms with van der Waals surface area (Å²) in [4.78, 5) is 29.4. The number of methoxy groups -OCH3 is 1. The van der Waals surface area contributed by atoms with E-state index in [4.69, 9.17) is 9.47 Å². The van der Waals surface area contributed by atoms with Crippen LogP contribution < -0.4 is 20.3 Å². The number of ether oxygens (including phenoxy) is 2. The van der Waals surface area contributed by atoms with Gasteiger partial charge in [-0.3, -0.25) is 4.79 Å². The molecule has 1 fully saturated rings. The zero-order valence-electron chi connectivity index (χ0n) is 29.6. The van der Waals surface area contributed by atoms with Crippen molar-refractivity contribution in [2.45, 2.75) is 32.3 Å². The molecule has 11 nitrogen and oxygen atoms in total. The van der Waals surface area contributed by atoms with Gasteiger partial charge in [-0.1, -0.05) is 36.4 Å². The zero-order valence-corrected chi connectivity index (χ0v) is 29.6. The average molecular weight is 754 g/mol. The summed E-state index contributed by atoms with van der Waals surface area (Å²) in [6.45, 7) is 2.77. The number of carbonyl (C=O) groups excluding carboxylic acids is 2. The molecule has 0 spiro atoms. The van der Waals surface area contributed by atoms with Crippen molar-refractivity contribution in [1.82, 2.24) is 20.0 Å². The van der Waals surface area contributed by atoms with E-state index < -0.39 is 23.5 Å². The Balaban J connectivity index is 1.00. The van der Waals surface area contributed by atoms with Crippen molar-refractivity contribution >= 4 is 29.2 Å². The fourth-order valence-corrected chi connectivity index (χ4v) is 6.66. The highest BCUT2D eigenvalue weighted by Gasteiger charge is 2.32. The molecule has 0 aliphatic carbocycles. The van der Waals surface area contributed by atoms with Crippen LogP contribution in [0.5, 0.6) is 5.75 Å². The van der Waals surface area contributed by atoms with Crippen LogP contribution in [0.25, 0.3) is 11.3 Å². The van der Waals surface area contributed by atoms with Crippen molar-refractivity contribution in [3.63, 3.8) is 0 Å². The van der Waals surface area contributed by atoms with Crippen molar-refractivity contribution in [2.24, 2.45) is 0 Å². The Morgan fingerprint density at radius 2 is 1.73 bits per heavy atom. The van der Waals surface area contributed by atoms with Crippen molar-refractivity contribution < 1.29 is 36.6 Å². The quantitative estimate of drug-likeness (QED) is 0.159. The molecular weight excluding hydrogens is 718 g/mol. The highest BCUT2D eigenvalue weighted by Crippen LogP contribution is 2.37. The van der Waals surface area contributed by atoms with Crippen molar-refractivity contribution in [3.8, 4) is 23.1 Å². The molecule has 0 atom stereocenters. The summed E-state index contributed by atoms with van der Waals surface area (Å²) in [5.74, 6) is -1.13. The third-order valence-corrected chi connectivity index (χ3v) is 9.62. The van der Waals surface area contributed by atoms with Crippen LogP contribution in [0.2, 0.25) is 0 Å². The highest BCUT2D eigenvalue weighted by atomic mass is 19.4. The molecule has 5 aromatic rings. The molecule has 55 heavy (non-hydrogen) atoms. The summed E-state index contributed by atoms with van der Waals surface area (Å²) in [6.07, 6.45) is -4.41. The van der Waals surface area contributed by atoms with E-state index in [9.17, 15) is 28.0 Å². The van der Waals surface area contributed by atoms with Gasteiger partial charge in [-0.15, -0.1) is 0 Å². The van der Waals surface area contributed by atoms with Crippen LogP contribution in [0.15, 0.2) is 84.9 Å². The summed E-state index contributed by atoms with van der Waals surface area (Å²) >= 11 is 0. The fourth-order valence-electron chi connectivity index (χ4n) is 6.66. The highest BCUT2D eigenvalue weighted by molar-refractivity contribution is 5.97. The minimum absolute atomic E-state index is 0.0405. The van der Waals surface area contributed by atoms with Crippen LogP contribution in [-0.4, -0.2) is 60.0 Å². The molecule has 7 rings (SSSR count). The molecular formula is C40H35F4N7O4. The number of benzene rings is 4. The molecule has 0 unspecified atom stereocenters. The van der Waals surface area contributed by atoms with E-state index >= 15 is 4.39 Å². The van der Waals surface area contributed by atoms with E-state index in [0.29, 0.717) is 56.6 Å². The van der Waals surface area contributed by atoms with Crippen molar-refractivity contribution in [3.05, 3.63) is 124 Å². The van der Waals surface area contributed by atoms with Crippen LogP contribution in [0.3, 0.4) is 0 Å². The largest absolute Gasteiger partial charge is 0.496 e. The third-order valence-electron chi connectivity index (χ3n) is 9.62. The van der Waals surface area contributed by atoms with E-state index in [0.717, 1.165) is 34.6 Å². The van der Waals surface area contributed by atoms with Crippen LogP contribution in [0.4, 0.5) is 39.5 Å². The van der Waals surface area contributed by atoms with Crippen molar-refractivity contribution in [1.29, 1.82) is 5.26 Å². The molecule has 2 N–H and O–H groups in total. The molecule has 0 bridgehead atoms. The van der Waals surface area contributed by atoms with Gasteiger partial charge in [0.2, 0.25) is 0 Å². The molecule has 0 saturated carbocycles. The number of nitrogens with zero attached hydrogens (tertiary/aromatic N) is 5. The third kappa shape index (κ3) is 7.89. The number of halogens is 4. The molecule has 2 amide bonds. The fraction of sp³-hybridized carbons (Fsp3) is 0.250. The first-order valence-electron chi connectivity index (χ1n) is 17.5. The predicted octanol–water partition coefficient (Wildman–Crippen LogP) is 7.28. The Bertz CT molecular complexity index is 2280. The maximum Gasteiger partial charge on any atom is 0.416 e. The van der Waals surface area contributed by atoms with Gasteiger partial charge in [-0.25, -0.2) is 13.9 Å². The van der Waals surface area contributed by atoms with Crippen molar-refractivity contribution in [2.75, 3.05) is 43.5 Å². The number of hydrogen-bond acceptors (Lipinski definition) is 8. The second-order valence-electron chi connectivity index (χ2n) is 13.0. The summed E-state index contributed by atoms with van der Waals surface area (Å²) in [6, 6.07) is 24.5. The topological polar surface area (TPSA) is 125 Å². The number of piperazine rings is 1. The molecule has 4 aromatic carbocycles. The molecule has 2 aliphatic heterocycles. The smallest absolute Gasteiger partial charge is 0.416 e. The molecule has 2 aliphatic rings. The van der Waals surface area contributed by atoms with Gasteiger partial charge in [0.25, 0.3) is 5.91 Å². The first-order chi connectivity index (χ1) is 26.5. The minimum Gasteiger partial charge on any atom is -0.496 e. The van der Waals surface area contributed by atoms with Gasteiger partial charge in [0.15, 0.2) is 0 Å². The number of alkyl halides is 3. The second kappa shape index (κ2) is 15.4.